The lowest BCUT2D eigenvalue weighted by molar-refractivity contribution is -0.185. The van der Waals surface area contributed by atoms with Gasteiger partial charge in [-0.1, -0.05) is 31.9 Å². The Morgan fingerprint density at radius 1 is 0.880 bits per heavy atom. The molecule has 0 spiro atoms. The average Bonchev–Trinajstić information content (AvgIpc) is 2.54. The molecule has 25 heavy (non-hydrogen) atoms. The molecule has 1 aliphatic rings. The van der Waals surface area contributed by atoms with Gasteiger partial charge in [-0.25, -0.2) is 8.78 Å². The minimum Gasteiger partial charge on any atom is -0.429 e. The van der Waals surface area contributed by atoms with Gasteiger partial charge >= 0.3 is 6.11 Å². The van der Waals surface area contributed by atoms with Crippen molar-refractivity contribution in [3.05, 3.63) is 65.2 Å². The molecule has 0 atom stereocenters. The molecule has 2 aromatic rings. The van der Waals surface area contributed by atoms with Crippen molar-refractivity contribution in [1.29, 1.82) is 0 Å². The van der Waals surface area contributed by atoms with Gasteiger partial charge in [0.15, 0.2) is 0 Å². The highest BCUT2D eigenvalue weighted by Gasteiger charge is 2.35. The monoisotopic (exact) mass is 352 g/mol. The van der Waals surface area contributed by atoms with Gasteiger partial charge in [0.05, 0.1) is 5.56 Å². The molecule has 0 aromatic heterocycles. The zero-order valence-electron chi connectivity index (χ0n) is 13.9. The summed E-state index contributed by atoms with van der Waals surface area (Å²) in [4.78, 5) is 0. The van der Waals surface area contributed by atoms with Gasteiger partial charge in [-0.05, 0) is 42.4 Å². The predicted octanol–water partition coefficient (Wildman–Crippen LogP) is 6.39. The van der Waals surface area contributed by atoms with Crippen molar-refractivity contribution >= 4 is 0 Å². The van der Waals surface area contributed by atoms with Crippen molar-refractivity contribution in [3.63, 3.8) is 0 Å². The molecule has 0 radical (unpaired) electrons. The van der Waals surface area contributed by atoms with Gasteiger partial charge in [-0.3, -0.25) is 0 Å². The Labute approximate surface area is 144 Å². The van der Waals surface area contributed by atoms with Gasteiger partial charge in [0, 0.05) is 18.2 Å². The molecular weight excluding hydrogens is 332 g/mol. The first-order valence-electron chi connectivity index (χ1n) is 8.47. The molecule has 2 aromatic carbocycles. The van der Waals surface area contributed by atoms with E-state index < -0.39 is 23.5 Å². The Morgan fingerprint density at radius 2 is 1.44 bits per heavy atom. The first-order valence-corrected chi connectivity index (χ1v) is 8.47. The Bertz CT molecular complexity index is 699. The standard InChI is InChI=1S/C20H20F4O/c1-13-2-4-14(5-3-13)15-6-8-16(9-7-15)20(23,24)25-19-11-17(21)10-18(22)12-19/h6-14H,2-5H2,1H3. The number of rotatable bonds is 4. The highest BCUT2D eigenvalue weighted by atomic mass is 19.3. The number of benzene rings is 2. The number of hydrogen-bond donors (Lipinski definition) is 0. The van der Waals surface area contributed by atoms with Crippen LogP contribution in [0.5, 0.6) is 5.75 Å². The summed E-state index contributed by atoms with van der Waals surface area (Å²) in [6.07, 6.45) is 0.763. The summed E-state index contributed by atoms with van der Waals surface area (Å²) in [7, 11) is 0. The second-order valence-electron chi connectivity index (χ2n) is 6.80. The third-order valence-electron chi connectivity index (χ3n) is 4.82. The maximum atomic E-state index is 14.3. The van der Waals surface area contributed by atoms with Gasteiger partial charge in [0.2, 0.25) is 0 Å². The van der Waals surface area contributed by atoms with Crippen LogP contribution in [0, 0.1) is 17.6 Å². The summed E-state index contributed by atoms with van der Waals surface area (Å²) in [6.45, 7) is 2.23. The third-order valence-corrected chi connectivity index (χ3v) is 4.82. The normalized spacial score (nSPS) is 21.2. The number of halogens is 4. The summed E-state index contributed by atoms with van der Waals surface area (Å²) in [6, 6.07) is 8.10. The summed E-state index contributed by atoms with van der Waals surface area (Å²) in [5.74, 6) is -1.36. The van der Waals surface area contributed by atoms with E-state index in [-0.39, 0.29) is 5.56 Å². The van der Waals surface area contributed by atoms with E-state index in [1.807, 2.05) is 0 Å². The molecule has 5 heteroatoms. The molecule has 1 saturated carbocycles. The Hall–Kier alpha value is -2.04. The van der Waals surface area contributed by atoms with Gasteiger partial charge in [-0.2, -0.15) is 8.78 Å². The lowest BCUT2D eigenvalue weighted by atomic mass is 9.79. The largest absolute Gasteiger partial charge is 0.429 e. The van der Waals surface area contributed by atoms with Crippen LogP contribution in [0.4, 0.5) is 17.6 Å². The van der Waals surface area contributed by atoms with Gasteiger partial charge in [0.1, 0.15) is 17.4 Å². The Morgan fingerprint density at radius 3 is 2.00 bits per heavy atom. The van der Waals surface area contributed by atoms with E-state index >= 15 is 0 Å². The lowest BCUT2D eigenvalue weighted by Crippen LogP contribution is -2.22. The van der Waals surface area contributed by atoms with Crippen molar-refractivity contribution in [2.75, 3.05) is 0 Å². The summed E-state index contributed by atoms with van der Waals surface area (Å²) in [5, 5.41) is 0. The molecule has 1 nitrogen and oxygen atoms in total. The Kier molecular flexibility index (Phi) is 5.02. The van der Waals surface area contributed by atoms with E-state index in [4.69, 9.17) is 0 Å². The smallest absolute Gasteiger partial charge is 0.426 e. The molecule has 0 N–H and O–H groups in total. The van der Waals surface area contributed by atoms with Crippen LogP contribution in [-0.4, -0.2) is 0 Å². The van der Waals surface area contributed by atoms with Gasteiger partial charge < -0.3 is 4.74 Å². The van der Waals surface area contributed by atoms with E-state index in [0.717, 1.165) is 49.3 Å². The maximum absolute atomic E-state index is 14.3. The first kappa shape index (κ1) is 17.8. The van der Waals surface area contributed by atoms with E-state index in [2.05, 4.69) is 11.7 Å². The van der Waals surface area contributed by atoms with Crippen LogP contribution in [-0.2, 0) is 6.11 Å². The molecule has 1 fully saturated rings. The van der Waals surface area contributed by atoms with Crippen molar-refractivity contribution < 1.29 is 22.3 Å². The summed E-state index contributed by atoms with van der Waals surface area (Å²) in [5.41, 5.74) is 0.702. The van der Waals surface area contributed by atoms with E-state index in [1.54, 1.807) is 12.1 Å². The minimum atomic E-state index is -3.67. The van der Waals surface area contributed by atoms with Crippen molar-refractivity contribution in [1.82, 2.24) is 0 Å². The van der Waals surface area contributed by atoms with Crippen molar-refractivity contribution in [2.45, 2.75) is 44.6 Å². The van der Waals surface area contributed by atoms with Crippen LogP contribution in [0.15, 0.2) is 42.5 Å². The quantitative estimate of drug-likeness (QED) is 0.580. The molecule has 3 rings (SSSR count). The van der Waals surface area contributed by atoms with E-state index in [0.29, 0.717) is 12.0 Å². The molecule has 134 valence electrons. The highest BCUT2D eigenvalue weighted by molar-refractivity contribution is 5.30. The minimum absolute atomic E-state index is 0.343. The van der Waals surface area contributed by atoms with Gasteiger partial charge in [-0.15, -0.1) is 0 Å². The van der Waals surface area contributed by atoms with Gasteiger partial charge in [0.25, 0.3) is 0 Å². The predicted molar refractivity (Wildman–Crippen MR) is 87.7 cm³/mol. The molecule has 0 bridgehead atoms. The Balaban J connectivity index is 1.73. The SMILES string of the molecule is CC1CCC(c2ccc(C(F)(F)Oc3cc(F)cc(F)c3)cc2)CC1. The van der Waals surface area contributed by atoms with Crippen molar-refractivity contribution in [3.8, 4) is 5.75 Å². The van der Waals surface area contributed by atoms with Crippen LogP contribution < -0.4 is 4.74 Å². The van der Waals surface area contributed by atoms with Crippen LogP contribution >= 0.6 is 0 Å². The number of hydrogen-bond acceptors (Lipinski definition) is 1. The highest BCUT2D eigenvalue weighted by Crippen LogP contribution is 2.37. The third kappa shape index (κ3) is 4.33. The zero-order valence-corrected chi connectivity index (χ0v) is 13.9. The fraction of sp³-hybridized carbons (Fsp3) is 0.400. The maximum Gasteiger partial charge on any atom is 0.426 e. The first-order chi connectivity index (χ1) is 11.8. The second-order valence-corrected chi connectivity index (χ2v) is 6.80. The molecule has 0 amide bonds. The molecule has 1 aliphatic carbocycles. The molecule has 0 aliphatic heterocycles. The molecule has 0 unspecified atom stereocenters. The van der Waals surface area contributed by atoms with Crippen LogP contribution in [0.3, 0.4) is 0 Å². The number of ether oxygens (including phenoxy) is 1. The fourth-order valence-corrected chi connectivity index (χ4v) is 3.34. The fourth-order valence-electron chi connectivity index (χ4n) is 3.34. The molecule has 0 heterocycles. The summed E-state index contributed by atoms with van der Waals surface area (Å²) < 4.78 is 59.3. The van der Waals surface area contributed by atoms with Crippen LogP contribution in [0.1, 0.15) is 49.7 Å². The summed E-state index contributed by atoms with van der Waals surface area (Å²) >= 11 is 0. The van der Waals surface area contributed by atoms with E-state index in [1.165, 1.54) is 12.1 Å². The topological polar surface area (TPSA) is 9.23 Å². The van der Waals surface area contributed by atoms with Crippen LogP contribution in [0.25, 0.3) is 0 Å². The van der Waals surface area contributed by atoms with Crippen LogP contribution in [0.2, 0.25) is 0 Å². The van der Waals surface area contributed by atoms with Crippen molar-refractivity contribution in [2.24, 2.45) is 5.92 Å². The lowest BCUT2D eigenvalue weighted by Gasteiger charge is -2.27. The van der Waals surface area contributed by atoms with E-state index in [9.17, 15) is 17.6 Å². The molecule has 0 saturated heterocycles. The zero-order chi connectivity index (χ0) is 18.0. The molecular formula is C20H20F4O. The second kappa shape index (κ2) is 7.06. The average molecular weight is 352 g/mol. The number of alkyl halides is 2.